The largest absolute Gasteiger partial charge is 0.355 e. The van der Waals surface area contributed by atoms with Gasteiger partial charge in [0.1, 0.15) is 0 Å². The number of benzene rings is 2. The molecular weight excluding hydrogens is 410 g/mol. The number of nitrogens with one attached hydrogen (secondary N) is 1. The van der Waals surface area contributed by atoms with Crippen LogP contribution < -0.4 is 5.32 Å². The zero-order valence-corrected chi connectivity index (χ0v) is 17.9. The van der Waals surface area contributed by atoms with Gasteiger partial charge < -0.3 is 5.32 Å². The number of amides is 1. The highest BCUT2D eigenvalue weighted by Crippen LogP contribution is 2.26. The Morgan fingerprint density at radius 2 is 1.70 bits per heavy atom. The Morgan fingerprint density at radius 1 is 1.07 bits per heavy atom. The fraction of sp³-hybridized carbons (Fsp3) is 0.409. The summed E-state index contributed by atoms with van der Waals surface area (Å²) in [6.45, 7) is 4.89. The lowest BCUT2D eigenvalue weighted by Crippen LogP contribution is -2.45. The molecule has 1 fully saturated rings. The molecule has 1 amide bonds. The topological polar surface area (TPSA) is 66.5 Å². The lowest BCUT2D eigenvalue weighted by molar-refractivity contribution is -0.126. The zero-order valence-electron chi connectivity index (χ0n) is 17.1. The molecule has 0 aliphatic carbocycles. The summed E-state index contributed by atoms with van der Waals surface area (Å²) in [5.74, 6) is -2.68. The second-order valence-corrected chi connectivity index (χ2v) is 10.2. The fourth-order valence-electron chi connectivity index (χ4n) is 3.59. The number of sulfonamides is 1. The molecule has 30 heavy (non-hydrogen) atoms. The lowest BCUT2D eigenvalue weighted by atomic mass is 9.84. The van der Waals surface area contributed by atoms with Crippen molar-refractivity contribution in [3.63, 3.8) is 0 Å². The van der Waals surface area contributed by atoms with Crippen LogP contribution in [-0.4, -0.2) is 38.3 Å². The van der Waals surface area contributed by atoms with Crippen LogP contribution in [0, 0.1) is 17.6 Å². The minimum absolute atomic E-state index is 0.0936. The van der Waals surface area contributed by atoms with Crippen molar-refractivity contribution < 1.29 is 22.0 Å². The molecule has 0 aromatic heterocycles. The first-order chi connectivity index (χ1) is 14.1. The Hall–Kier alpha value is -2.32. The van der Waals surface area contributed by atoms with Crippen molar-refractivity contribution in [1.29, 1.82) is 0 Å². The molecular formula is C22H26F2N2O3S. The third-order valence-electron chi connectivity index (χ3n) is 5.61. The van der Waals surface area contributed by atoms with E-state index in [9.17, 15) is 22.0 Å². The van der Waals surface area contributed by atoms with Crippen molar-refractivity contribution in [1.82, 2.24) is 9.62 Å². The highest BCUT2D eigenvalue weighted by molar-refractivity contribution is 7.89. The van der Waals surface area contributed by atoms with E-state index in [0.717, 1.165) is 17.7 Å². The SMILES string of the molecule is CC(C)(CNC(=O)C1CCN(S(=O)(=O)c2ccc(F)c(F)c2)CC1)c1ccccc1. The Kier molecular flexibility index (Phi) is 6.57. The van der Waals surface area contributed by atoms with E-state index < -0.39 is 21.7 Å². The van der Waals surface area contributed by atoms with Gasteiger partial charge in [0.25, 0.3) is 0 Å². The molecule has 1 N–H and O–H groups in total. The first-order valence-corrected chi connectivity index (χ1v) is 11.3. The van der Waals surface area contributed by atoms with Gasteiger partial charge in [-0.05, 0) is 36.6 Å². The van der Waals surface area contributed by atoms with E-state index in [1.54, 1.807) is 0 Å². The number of halogens is 2. The second-order valence-electron chi connectivity index (χ2n) is 8.22. The summed E-state index contributed by atoms with van der Waals surface area (Å²) >= 11 is 0. The molecule has 1 aliphatic rings. The predicted octanol–water partition coefficient (Wildman–Crippen LogP) is 3.46. The molecule has 1 saturated heterocycles. The maximum atomic E-state index is 13.4. The summed E-state index contributed by atoms with van der Waals surface area (Å²) in [4.78, 5) is 12.3. The van der Waals surface area contributed by atoms with Crippen LogP contribution in [0.5, 0.6) is 0 Å². The molecule has 2 aromatic carbocycles. The van der Waals surface area contributed by atoms with Crippen LogP contribution in [0.4, 0.5) is 8.78 Å². The van der Waals surface area contributed by atoms with E-state index in [2.05, 4.69) is 19.2 Å². The van der Waals surface area contributed by atoms with E-state index in [-0.39, 0.29) is 35.2 Å². The first kappa shape index (κ1) is 22.4. The summed E-state index contributed by atoms with van der Waals surface area (Å²) < 4.78 is 53.1. The molecule has 1 heterocycles. The number of rotatable bonds is 6. The predicted molar refractivity (Wildman–Crippen MR) is 110 cm³/mol. The van der Waals surface area contributed by atoms with Gasteiger partial charge in [-0.15, -0.1) is 0 Å². The number of nitrogens with zero attached hydrogens (tertiary/aromatic N) is 1. The van der Waals surface area contributed by atoms with Crippen molar-refractivity contribution in [3.8, 4) is 0 Å². The Labute approximate surface area is 176 Å². The van der Waals surface area contributed by atoms with Gasteiger partial charge >= 0.3 is 0 Å². The molecule has 8 heteroatoms. The average molecular weight is 437 g/mol. The molecule has 1 aliphatic heterocycles. The summed E-state index contributed by atoms with van der Waals surface area (Å²) in [5.41, 5.74) is 0.894. The van der Waals surface area contributed by atoms with Gasteiger partial charge in [0.15, 0.2) is 11.6 Å². The first-order valence-electron chi connectivity index (χ1n) is 9.90. The molecule has 162 valence electrons. The quantitative estimate of drug-likeness (QED) is 0.754. The minimum Gasteiger partial charge on any atom is -0.355 e. The van der Waals surface area contributed by atoms with E-state index in [4.69, 9.17) is 0 Å². The van der Waals surface area contributed by atoms with Crippen LogP contribution in [0.15, 0.2) is 53.4 Å². The Morgan fingerprint density at radius 3 is 2.30 bits per heavy atom. The number of hydrogen-bond acceptors (Lipinski definition) is 3. The monoisotopic (exact) mass is 436 g/mol. The summed E-state index contributed by atoms with van der Waals surface area (Å²) in [7, 11) is -3.93. The average Bonchev–Trinajstić information content (AvgIpc) is 2.74. The maximum Gasteiger partial charge on any atom is 0.243 e. The van der Waals surface area contributed by atoms with E-state index in [1.807, 2.05) is 30.3 Å². The van der Waals surface area contributed by atoms with Gasteiger partial charge in [-0.1, -0.05) is 44.2 Å². The van der Waals surface area contributed by atoms with Crippen molar-refractivity contribution >= 4 is 15.9 Å². The highest BCUT2D eigenvalue weighted by atomic mass is 32.2. The molecule has 0 saturated carbocycles. The maximum absolute atomic E-state index is 13.4. The molecule has 2 aromatic rings. The van der Waals surface area contributed by atoms with Crippen molar-refractivity contribution in [3.05, 3.63) is 65.7 Å². The van der Waals surface area contributed by atoms with Crippen molar-refractivity contribution in [2.45, 2.75) is 37.0 Å². The summed E-state index contributed by atoms with van der Waals surface area (Å²) in [5, 5.41) is 2.99. The minimum atomic E-state index is -3.93. The van der Waals surface area contributed by atoms with Gasteiger partial charge in [-0.3, -0.25) is 4.79 Å². The molecule has 0 radical (unpaired) electrons. The Balaban J connectivity index is 1.57. The van der Waals surface area contributed by atoms with Crippen molar-refractivity contribution in [2.75, 3.05) is 19.6 Å². The lowest BCUT2D eigenvalue weighted by Gasteiger charge is -2.32. The van der Waals surface area contributed by atoms with Crippen LogP contribution in [0.3, 0.4) is 0 Å². The highest BCUT2D eigenvalue weighted by Gasteiger charge is 2.33. The van der Waals surface area contributed by atoms with Crippen molar-refractivity contribution in [2.24, 2.45) is 5.92 Å². The molecule has 0 spiro atoms. The number of piperidine rings is 1. The summed E-state index contributed by atoms with van der Waals surface area (Å²) in [6.07, 6.45) is 0.751. The molecule has 0 bridgehead atoms. The van der Waals surface area contributed by atoms with E-state index in [1.165, 1.54) is 4.31 Å². The molecule has 0 unspecified atom stereocenters. The number of carbonyl (C=O) groups excluding carboxylic acids is 1. The van der Waals surface area contributed by atoms with Crippen LogP contribution in [0.2, 0.25) is 0 Å². The van der Waals surface area contributed by atoms with Gasteiger partial charge in [0.05, 0.1) is 4.90 Å². The van der Waals surface area contributed by atoms with Crippen LogP contribution in [0.1, 0.15) is 32.3 Å². The number of hydrogen-bond donors (Lipinski definition) is 1. The normalized spacial score (nSPS) is 16.4. The van der Waals surface area contributed by atoms with Gasteiger partial charge in [0, 0.05) is 31.0 Å². The molecule has 5 nitrogen and oxygen atoms in total. The van der Waals surface area contributed by atoms with E-state index >= 15 is 0 Å². The second kappa shape index (κ2) is 8.81. The molecule has 3 rings (SSSR count). The third-order valence-corrected chi connectivity index (χ3v) is 7.51. The van der Waals surface area contributed by atoms with Gasteiger partial charge in [-0.25, -0.2) is 17.2 Å². The smallest absolute Gasteiger partial charge is 0.243 e. The third kappa shape index (κ3) is 4.87. The molecule has 0 atom stereocenters. The van der Waals surface area contributed by atoms with Crippen LogP contribution >= 0.6 is 0 Å². The zero-order chi connectivity index (χ0) is 21.9. The van der Waals surface area contributed by atoms with Crippen LogP contribution in [-0.2, 0) is 20.2 Å². The van der Waals surface area contributed by atoms with Gasteiger partial charge in [-0.2, -0.15) is 4.31 Å². The summed E-state index contributed by atoms with van der Waals surface area (Å²) in [6, 6.07) is 12.5. The Bertz CT molecular complexity index is 1000. The standard InChI is InChI=1S/C22H26F2N2O3S/c1-22(2,17-6-4-3-5-7-17)15-25-21(27)16-10-12-26(13-11-16)30(28,29)18-8-9-19(23)20(24)14-18/h3-9,14,16H,10-13,15H2,1-2H3,(H,25,27). The number of carbonyl (C=O) groups is 1. The van der Waals surface area contributed by atoms with Crippen LogP contribution in [0.25, 0.3) is 0 Å². The fourth-order valence-corrected chi connectivity index (χ4v) is 5.07. The van der Waals surface area contributed by atoms with E-state index in [0.29, 0.717) is 25.5 Å². The van der Waals surface area contributed by atoms with Gasteiger partial charge in [0.2, 0.25) is 15.9 Å².